The summed E-state index contributed by atoms with van der Waals surface area (Å²) in [5.74, 6) is -2.96. The largest absolute Gasteiger partial charge is 0.277 e. The van der Waals surface area contributed by atoms with Crippen LogP contribution in [-0.2, 0) is 32.0 Å². The maximum absolute atomic E-state index is 16.8. The van der Waals surface area contributed by atoms with Gasteiger partial charge in [0.15, 0.2) is 0 Å². The summed E-state index contributed by atoms with van der Waals surface area (Å²) in [5, 5.41) is 7.05. The molecule has 8 amide bonds. The van der Waals surface area contributed by atoms with Crippen molar-refractivity contribution in [3.8, 4) is 10.4 Å². The number of allylic oxidation sites excluding steroid dienone is 2. The Kier molecular flexibility index (Phi) is 33.5. The molecular weight excluding hydrogens is 1610 g/mol. The third kappa shape index (κ3) is 20.1. The molecule has 4 aliphatic carbocycles. The summed E-state index contributed by atoms with van der Waals surface area (Å²) < 4.78 is 0. The Morgan fingerprint density at radius 3 is 1.09 bits per heavy atom. The number of hydrogen-bond donors (Lipinski definition) is 0. The van der Waals surface area contributed by atoms with Crippen molar-refractivity contribution in [1.29, 1.82) is 0 Å². The van der Waals surface area contributed by atoms with Crippen LogP contribution in [0.4, 0.5) is 0 Å². The zero-order chi connectivity index (χ0) is 90.2. The molecule has 15 rings (SSSR count). The Bertz CT molecular complexity index is 5410. The summed E-state index contributed by atoms with van der Waals surface area (Å²) >= 11 is 1.54. The molecule has 0 N–H and O–H groups in total. The third-order valence-corrected chi connectivity index (χ3v) is 32.3. The number of carbonyl (C=O) groups excluding carboxylic acids is 8. The standard InChI is InChI=1S/C116H152N4O8S/c1-9-17-25-33-37-45-53-77(49-41-29-21-13-5)73-117-109(121)87-63-57-81-83-59-67-91-105-101(83)93(85-61-65-89(111(117)123)103(87)99(81)85)71-95(107(105)115(127)119(113(91)125)75-79(51-43-31-23-15-7)55-47-39-35-27-19-11-3)97-69-70-98(129-97)96-72-94-86-62-66-90-104-88(110(122)118(112(90)124)74-78(50-42-30-22-14-6)54-46-38-34-26-18-10-2)64-58-82(100(86)104)84-60-68-92-106(102(84)94)108(96)116(128)120(114(92)126)76-80(52-44-32-24-16-8)56-48-40-36-28-20-12-4/h57,59-60,62-72,77-80,91,108H,9-56,58,61,73-76H2,1-8H3. The zero-order valence-corrected chi connectivity index (χ0v) is 81.0. The second kappa shape index (κ2) is 45.3. The summed E-state index contributed by atoms with van der Waals surface area (Å²) in [6.07, 6.45) is 64.9. The van der Waals surface area contributed by atoms with Crippen LogP contribution in [0, 0.1) is 23.7 Å². The van der Waals surface area contributed by atoms with E-state index in [0.29, 0.717) is 100 Å². The predicted molar refractivity (Wildman–Crippen MR) is 537 cm³/mol. The minimum Gasteiger partial charge on any atom is -0.277 e. The SMILES string of the molecule is CCCCCCCCC(CCCCCC)CN1C(=O)C2=CCc3c4cc(-c5ccc(C6=Cc7c8ccc9c%10c8c(c8ccc%11c(c78)C6C(=O)N(CC(CCCCCC)CCCCCCCC)C%11=O)CC=C%10C(=O)N(CC(CCCCCC)CCCCCCCC)C9=O)s5)c5c6c4c(c4ccc(c2c34)C1=O)C=CC6C(=O)N(CC(CCCCCC)CCCCCCCC)C5=O. The van der Waals surface area contributed by atoms with Gasteiger partial charge in [-0.25, -0.2) is 0 Å². The van der Waals surface area contributed by atoms with Crippen LogP contribution in [0.3, 0.4) is 0 Å². The van der Waals surface area contributed by atoms with Crippen molar-refractivity contribution in [2.24, 2.45) is 23.7 Å². The second-order valence-corrected chi connectivity index (χ2v) is 41.5. The van der Waals surface area contributed by atoms with E-state index in [1.54, 1.807) is 30.9 Å². The lowest BCUT2D eigenvalue weighted by molar-refractivity contribution is -0.131. The molecule has 690 valence electrons. The Morgan fingerprint density at radius 1 is 0.310 bits per heavy atom. The number of unbranched alkanes of at least 4 members (excludes halogenated alkanes) is 32. The van der Waals surface area contributed by atoms with Crippen LogP contribution in [0.2, 0.25) is 0 Å². The Morgan fingerprint density at radius 2 is 0.659 bits per heavy atom. The summed E-state index contributed by atoms with van der Waals surface area (Å²) in [6, 6.07) is 18.6. The van der Waals surface area contributed by atoms with Gasteiger partial charge in [-0.3, -0.25) is 58.0 Å². The molecule has 1 aromatic heterocycles. The number of nitrogens with zero attached hydrogens (tertiary/aromatic N) is 4. The van der Waals surface area contributed by atoms with Gasteiger partial charge in [-0.15, -0.1) is 11.3 Å². The van der Waals surface area contributed by atoms with Gasteiger partial charge >= 0.3 is 0 Å². The molecular formula is C116H152N4O8S. The second-order valence-electron chi connectivity index (χ2n) is 40.4. The van der Waals surface area contributed by atoms with Crippen molar-refractivity contribution in [2.45, 2.75) is 388 Å². The molecule has 0 saturated carbocycles. The van der Waals surface area contributed by atoms with E-state index in [1.807, 2.05) is 24.3 Å². The first-order chi connectivity index (χ1) is 63.1. The van der Waals surface area contributed by atoms with E-state index in [2.05, 4.69) is 116 Å². The van der Waals surface area contributed by atoms with E-state index in [9.17, 15) is 0 Å². The van der Waals surface area contributed by atoms with Crippen LogP contribution in [0.15, 0.2) is 72.8 Å². The average molecular weight is 1760 g/mol. The van der Waals surface area contributed by atoms with Gasteiger partial charge in [-0.1, -0.05) is 355 Å². The van der Waals surface area contributed by atoms with Crippen molar-refractivity contribution in [3.05, 3.63) is 144 Å². The molecule has 6 atom stereocenters. The predicted octanol–water partition coefficient (Wildman–Crippen LogP) is 30.9. The zero-order valence-electron chi connectivity index (χ0n) is 80.2. The van der Waals surface area contributed by atoms with Gasteiger partial charge < -0.3 is 0 Å². The Balaban J connectivity index is 0.880. The number of rotatable bonds is 58. The van der Waals surface area contributed by atoms with Gasteiger partial charge in [-0.2, -0.15) is 0 Å². The molecule has 129 heavy (non-hydrogen) atoms. The molecule has 0 fully saturated rings. The van der Waals surface area contributed by atoms with E-state index in [-0.39, 0.29) is 70.9 Å². The topological polar surface area (TPSA) is 150 Å². The lowest BCUT2D eigenvalue weighted by Gasteiger charge is -2.39. The van der Waals surface area contributed by atoms with E-state index >= 15 is 38.4 Å². The number of benzene rings is 6. The van der Waals surface area contributed by atoms with Crippen molar-refractivity contribution < 1.29 is 38.4 Å². The first kappa shape index (κ1) is 95.2. The monoisotopic (exact) mass is 1760 g/mol. The molecule has 0 radical (unpaired) electrons. The van der Waals surface area contributed by atoms with E-state index in [4.69, 9.17) is 0 Å². The minimum atomic E-state index is -0.889. The minimum absolute atomic E-state index is 0.121. The number of imide groups is 4. The molecule has 0 bridgehead atoms. The van der Waals surface area contributed by atoms with Crippen LogP contribution < -0.4 is 0 Å². The third-order valence-electron chi connectivity index (χ3n) is 31.1. The molecule has 5 heterocycles. The smallest absolute Gasteiger partial charge is 0.261 e. The van der Waals surface area contributed by atoms with Gasteiger partial charge in [0.2, 0.25) is 11.8 Å². The van der Waals surface area contributed by atoms with Crippen molar-refractivity contribution in [3.63, 3.8) is 0 Å². The van der Waals surface area contributed by atoms with Gasteiger partial charge in [-0.05, 0) is 212 Å². The number of hydrogen-bond acceptors (Lipinski definition) is 9. The van der Waals surface area contributed by atoms with Gasteiger partial charge in [0.1, 0.15) is 0 Å². The Labute approximate surface area is 776 Å². The first-order valence-corrected chi connectivity index (χ1v) is 53.5. The fourth-order valence-corrected chi connectivity index (χ4v) is 25.1. The van der Waals surface area contributed by atoms with Gasteiger partial charge in [0, 0.05) is 80.5 Å². The highest BCUT2D eigenvalue weighted by molar-refractivity contribution is 7.16. The molecule has 0 spiro atoms. The van der Waals surface area contributed by atoms with Gasteiger partial charge in [0.25, 0.3) is 35.4 Å². The first-order valence-electron chi connectivity index (χ1n) is 52.7. The fourth-order valence-electron chi connectivity index (χ4n) is 24.0. The van der Waals surface area contributed by atoms with Crippen molar-refractivity contribution >= 4 is 131 Å². The highest BCUT2D eigenvalue weighted by Crippen LogP contribution is 2.58. The number of amides is 8. The van der Waals surface area contributed by atoms with Crippen molar-refractivity contribution in [2.75, 3.05) is 26.2 Å². The maximum Gasteiger partial charge on any atom is 0.261 e. The van der Waals surface area contributed by atoms with Crippen molar-refractivity contribution in [1.82, 2.24) is 19.6 Å². The number of fused-ring (bicyclic) bond motifs is 4. The van der Waals surface area contributed by atoms with E-state index < -0.39 is 11.8 Å². The number of thiophene rings is 1. The normalized spacial score (nSPS) is 17.5. The molecule has 8 aliphatic rings. The summed E-state index contributed by atoms with van der Waals surface area (Å²) in [6.45, 7) is 19.4. The molecule has 12 nitrogen and oxygen atoms in total. The molecule has 0 saturated heterocycles. The molecule has 6 unspecified atom stereocenters. The van der Waals surface area contributed by atoms with E-state index in [1.165, 1.54) is 116 Å². The lowest BCUT2D eigenvalue weighted by Crippen LogP contribution is -2.47. The summed E-state index contributed by atoms with van der Waals surface area (Å²) in [4.78, 5) is 136. The summed E-state index contributed by atoms with van der Waals surface area (Å²) in [7, 11) is 0. The highest BCUT2D eigenvalue weighted by atomic mass is 32.1. The van der Waals surface area contributed by atoms with Crippen LogP contribution in [0.25, 0.3) is 82.4 Å². The summed E-state index contributed by atoms with van der Waals surface area (Å²) in [5.41, 5.74) is 11.1. The highest BCUT2D eigenvalue weighted by Gasteiger charge is 2.50. The molecule has 7 aromatic rings. The average Bonchev–Trinajstić information content (AvgIpc) is 1.16. The molecule has 6 aromatic carbocycles. The lowest BCUT2D eigenvalue weighted by atomic mass is 9.71. The molecule has 13 heteroatoms. The van der Waals surface area contributed by atoms with Crippen LogP contribution in [0.1, 0.15) is 466 Å². The quantitative estimate of drug-likeness (QED) is 0.0208. The maximum atomic E-state index is 16.8. The number of carbonyl (C=O) groups is 8. The fraction of sp³-hybridized carbons (Fsp3) is 0.586. The van der Waals surface area contributed by atoms with Crippen LogP contribution in [0.5, 0.6) is 0 Å². The van der Waals surface area contributed by atoms with Crippen LogP contribution in [-0.4, -0.2) is 93.0 Å². The molecule has 4 aliphatic heterocycles. The Hall–Kier alpha value is -8.42. The van der Waals surface area contributed by atoms with E-state index in [0.717, 1.165) is 273 Å². The van der Waals surface area contributed by atoms with Gasteiger partial charge in [0.05, 0.1) is 17.4 Å². The van der Waals surface area contributed by atoms with Crippen LogP contribution >= 0.6 is 11.3 Å².